The Kier molecular flexibility index (Phi) is 9.45. The fraction of sp³-hybridized carbons (Fsp3) is 0.385. The van der Waals surface area contributed by atoms with Gasteiger partial charge in [0, 0.05) is 14.2 Å². The molecular formula is C13H20BFN4O4S. The van der Waals surface area contributed by atoms with Gasteiger partial charge in [-0.2, -0.15) is 0 Å². The number of ether oxygens (including phenoxy) is 1. The molecule has 0 aromatic heterocycles. The van der Waals surface area contributed by atoms with Crippen molar-refractivity contribution in [3.8, 4) is 6.26 Å². The molecule has 0 bridgehead atoms. The minimum absolute atomic E-state index is 0.0286. The number of anilines is 1. The van der Waals surface area contributed by atoms with Gasteiger partial charge in [0.25, 0.3) is 0 Å². The van der Waals surface area contributed by atoms with E-state index in [2.05, 4.69) is 14.7 Å². The molecule has 0 saturated heterocycles. The van der Waals surface area contributed by atoms with Crippen LogP contribution in [-0.4, -0.2) is 53.9 Å². The number of nitrogens with zero attached hydrogens (tertiary/aromatic N) is 2. The van der Waals surface area contributed by atoms with Crippen LogP contribution >= 0.6 is 0 Å². The van der Waals surface area contributed by atoms with Crippen LogP contribution in [0.15, 0.2) is 18.2 Å². The molecule has 132 valence electrons. The number of benzene rings is 1. The number of rotatable bonds is 6. The van der Waals surface area contributed by atoms with Crippen molar-refractivity contribution in [2.75, 3.05) is 34.0 Å². The second-order valence-electron chi connectivity index (χ2n) is 4.45. The minimum atomic E-state index is -3.88. The van der Waals surface area contributed by atoms with Gasteiger partial charge < -0.3 is 4.74 Å². The Morgan fingerprint density at radius 2 is 2.08 bits per heavy atom. The van der Waals surface area contributed by atoms with E-state index in [9.17, 15) is 12.8 Å². The van der Waals surface area contributed by atoms with Crippen LogP contribution in [0, 0.1) is 17.3 Å². The summed E-state index contributed by atoms with van der Waals surface area (Å²) in [7, 11) is 3.02. The maximum absolute atomic E-state index is 13.6. The Morgan fingerprint density at radius 1 is 1.50 bits per heavy atom. The molecular weight excluding hydrogens is 338 g/mol. The van der Waals surface area contributed by atoms with Crippen LogP contribution in [0.4, 0.5) is 10.1 Å². The van der Waals surface area contributed by atoms with Gasteiger partial charge in [-0.05, 0) is 0 Å². The number of nitriles is 1. The molecule has 0 aliphatic carbocycles. The van der Waals surface area contributed by atoms with E-state index in [4.69, 9.17) is 11.0 Å². The van der Waals surface area contributed by atoms with Gasteiger partial charge in [-0.3, -0.25) is 0 Å². The minimum Gasteiger partial charge on any atom is -0.388 e. The number of halogens is 1. The molecule has 0 aliphatic rings. The van der Waals surface area contributed by atoms with Gasteiger partial charge in [0.1, 0.15) is 0 Å². The third-order valence-electron chi connectivity index (χ3n) is 2.64. The van der Waals surface area contributed by atoms with Crippen molar-refractivity contribution in [1.82, 2.24) is 9.62 Å². The maximum Gasteiger partial charge on any atom is 0.0351 e. The van der Waals surface area contributed by atoms with E-state index in [1.165, 1.54) is 32.5 Å². The van der Waals surface area contributed by atoms with Crippen molar-refractivity contribution >= 4 is 28.5 Å². The third kappa shape index (κ3) is 6.85. The van der Waals surface area contributed by atoms with E-state index in [1.54, 1.807) is 14.2 Å². The van der Waals surface area contributed by atoms with Crippen LogP contribution in [0.5, 0.6) is 0 Å². The summed E-state index contributed by atoms with van der Waals surface area (Å²) in [4.78, 5) is 0. The molecule has 1 rings (SSSR count). The van der Waals surface area contributed by atoms with E-state index < -0.39 is 21.6 Å². The zero-order valence-electron chi connectivity index (χ0n) is 13.9. The van der Waals surface area contributed by atoms with Gasteiger partial charge >= 0.3 is 122 Å². The van der Waals surface area contributed by atoms with Crippen LogP contribution in [-0.2, 0) is 25.2 Å². The quantitative estimate of drug-likeness (QED) is 0.413. The SMILES string of the molecule is CNC(=BOC#N)N(C)S(=O)(=O)Cc1cc(N)ccc1F.COC. The predicted octanol–water partition coefficient (Wildman–Crippen LogP) is -0.144. The first kappa shape index (κ1) is 21.7. The van der Waals surface area contributed by atoms with Gasteiger partial charge in [0.05, 0.1) is 0 Å². The van der Waals surface area contributed by atoms with Crippen molar-refractivity contribution in [2.45, 2.75) is 5.75 Å². The van der Waals surface area contributed by atoms with Crippen molar-refractivity contribution in [3.63, 3.8) is 0 Å². The summed E-state index contributed by atoms with van der Waals surface area (Å²) in [6.45, 7) is 0. The fourth-order valence-corrected chi connectivity index (χ4v) is 2.76. The first-order valence-corrected chi connectivity index (χ1v) is 8.17. The molecule has 0 saturated carbocycles. The normalized spacial score (nSPS) is 10.6. The number of hydrogen-bond acceptors (Lipinski definition) is 7. The monoisotopic (exact) mass is 358 g/mol. The summed E-state index contributed by atoms with van der Waals surface area (Å²) < 4.78 is 47.5. The van der Waals surface area contributed by atoms with Gasteiger partial charge in [-0.25, -0.2) is 0 Å². The molecule has 0 heterocycles. The van der Waals surface area contributed by atoms with E-state index >= 15 is 0 Å². The molecule has 1 aromatic carbocycles. The smallest absolute Gasteiger partial charge is 0.0351 e. The molecule has 8 nitrogen and oxygen atoms in total. The summed E-state index contributed by atoms with van der Waals surface area (Å²) in [5, 5.41) is 10.9. The third-order valence-corrected chi connectivity index (χ3v) is 4.35. The molecule has 24 heavy (non-hydrogen) atoms. The van der Waals surface area contributed by atoms with Gasteiger partial charge in [-0.15, -0.1) is 0 Å². The van der Waals surface area contributed by atoms with Crippen molar-refractivity contribution in [3.05, 3.63) is 29.6 Å². The second-order valence-corrected chi connectivity index (χ2v) is 6.45. The van der Waals surface area contributed by atoms with Crippen LogP contribution in [0.2, 0.25) is 0 Å². The standard InChI is InChI=1S/C11H14BFN4O3S.C2H6O/c1-16-11(12-20-7-14)17(2)21(18,19)6-8-5-9(15)3-4-10(8)13;1-3-2/h3-5,16H,6,15H2,1-2H3;1-2H3. The molecule has 3 N–H and O–H groups in total. The summed E-state index contributed by atoms with van der Waals surface area (Å²) in [6, 6.07) is 3.71. The number of methoxy groups -OCH3 is 1. The maximum atomic E-state index is 13.6. The summed E-state index contributed by atoms with van der Waals surface area (Å²) in [5.41, 5.74) is 5.77. The molecule has 0 unspecified atom stereocenters. The number of nitrogen functional groups attached to an aromatic ring is 1. The molecule has 0 amide bonds. The molecule has 0 fully saturated rings. The Labute approximate surface area is 141 Å². The Morgan fingerprint density at radius 3 is 2.58 bits per heavy atom. The number of nitrogens with two attached hydrogens (primary N) is 1. The molecule has 0 aliphatic heterocycles. The van der Waals surface area contributed by atoms with Crippen molar-refractivity contribution < 1.29 is 22.2 Å². The van der Waals surface area contributed by atoms with E-state index in [0.717, 1.165) is 17.5 Å². The second kappa shape index (κ2) is 10.5. The van der Waals surface area contributed by atoms with Crippen LogP contribution < -0.4 is 11.1 Å². The van der Waals surface area contributed by atoms with E-state index in [1.807, 2.05) is 0 Å². The van der Waals surface area contributed by atoms with Crippen molar-refractivity contribution in [1.29, 1.82) is 5.26 Å². The van der Waals surface area contributed by atoms with Crippen LogP contribution in [0.1, 0.15) is 5.56 Å². The predicted molar refractivity (Wildman–Crippen MR) is 90.7 cm³/mol. The topological polar surface area (TPSA) is 118 Å². The van der Waals surface area contributed by atoms with Crippen molar-refractivity contribution in [2.24, 2.45) is 0 Å². The van der Waals surface area contributed by atoms with Gasteiger partial charge in [-0.1, -0.05) is 0 Å². The average molecular weight is 358 g/mol. The van der Waals surface area contributed by atoms with Gasteiger partial charge in [0.15, 0.2) is 0 Å². The van der Waals surface area contributed by atoms with E-state index in [-0.39, 0.29) is 17.0 Å². The van der Waals surface area contributed by atoms with E-state index in [0.29, 0.717) is 0 Å². The summed E-state index contributed by atoms with van der Waals surface area (Å²) in [6.07, 6.45) is 1.39. The zero-order chi connectivity index (χ0) is 18.8. The molecule has 0 radical (unpaired) electrons. The summed E-state index contributed by atoms with van der Waals surface area (Å²) >= 11 is 0. The van der Waals surface area contributed by atoms with Crippen LogP contribution in [0.25, 0.3) is 0 Å². The Balaban J connectivity index is 0.00000163. The Bertz CT molecular complexity index is 706. The van der Waals surface area contributed by atoms with Gasteiger partial charge in [0.2, 0.25) is 0 Å². The largest absolute Gasteiger partial charge is 0.388 e. The zero-order valence-corrected chi connectivity index (χ0v) is 14.7. The molecule has 11 heteroatoms. The molecule has 1 aromatic rings. The average Bonchev–Trinajstić information content (AvgIpc) is 2.52. The Hall–Kier alpha value is -2.32. The number of hydrogen-bond donors (Lipinski definition) is 2. The fourth-order valence-electron chi connectivity index (χ4n) is 1.52. The first-order chi connectivity index (χ1) is 11.2. The first-order valence-electron chi connectivity index (χ1n) is 6.56. The number of sulfonamides is 1. The number of nitrogens with one attached hydrogen (secondary N) is 1. The molecule has 0 spiro atoms. The molecule has 0 atom stereocenters. The summed E-state index contributed by atoms with van der Waals surface area (Å²) in [5.74, 6) is -1.24. The van der Waals surface area contributed by atoms with Crippen LogP contribution in [0.3, 0.4) is 0 Å².